The molecule has 3 nitrogen and oxygen atoms in total. The minimum absolute atomic E-state index is 0.335. The first-order valence-electron chi connectivity index (χ1n) is 8.04. The van der Waals surface area contributed by atoms with E-state index in [2.05, 4.69) is 6.92 Å². The van der Waals surface area contributed by atoms with Crippen LogP contribution in [0, 0.1) is 0 Å². The number of rotatable bonds is 8. The van der Waals surface area contributed by atoms with Crippen LogP contribution in [0.25, 0.3) is 6.08 Å². The van der Waals surface area contributed by atoms with Crippen molar-refractivity contribution in [2.75, 3.05) is 6.61 Å². The highest BCUT2D eigenvalue weighted by molar-refractivity contribution is 5.87. The molecule has 0 atom stereocenters. The lowest BCUT2D eigenvalue weighted by molar-refractivity contribution is -0.148. The molecule has 1 aromatic rings. The lowest BCUT2D eigenvalue weighted by Gasteiger charge is -2.17. The average Bonchev–Trinajstić information content (AvgIpc) is 2.44. The molecule has 22 heavy (non-hydrogen) atoms. The van der Waals surface area contributed by atoms with Crippen LogP contribution in [0.15, 0.2) is 30.3 Å². The zero-order valence-electron chi connectivity index (χ0n) is 14.2. The first-order chi connectivity index (χ1) is 10.4. The second-order valence-electron chi connectivity index (χ2n) is 6.35. The summed E-state index contributed by atoms with van der Waals surface area (Å²) in [5.74, 6) is 0.501. The molecular formula is C19H28O3. The summed E-state index contributed by atoms with van der Waals surface area (Å²) in [6.07, 6.45) is 7.96. The van der Waals surface area contributed by atoms with Gasteiger partial charge in [0.05, 0.1) is 6.61 Å². The Bertz CT molecular complexity index is 484. The molecule has 0 unspecified atom stereocenters. The summed E-state index contributed by atoms with van der Waals surface area (Å²) in [5, 5.41) is 0. The van der Waals surface area contributed by atoms with Crippen LogP contribution in [-0.4, -0.2) is 18.2 Å². The molecule has 0 saturated heterocycles. The number of carbonyl (C=O) groups is 1. The van der Waals surface area contributed by atoms with Gasteiger partial charge in [-0.1, -0.05) is 38.3 Å². The van der Waals surface area contributed by atoms with E-state index < -0.39 is 5.60 Å². The maximum atomic E-state index is 11.6. The number of hydrogen-bond acceptors (Lipinski definition) is 3. The van der Waals surface area contributed by atoms with Crippen molar-refractivity contribution < 1.29 is 14.3 Å². The first-order valence-corrected chi connectivity index (χ1v) is 8.04. The number of carbonyl (C=O) groups excluding carboxylic acids is 1. The van der Waals surface area contributed by atoms with E-state index in [1.54, 1.807) is 6.08 Å². The molecule has 0 heterocycles. The second kappa shape index (κ2) is 9.29. The van der Waals surface area contributed by atoms with Gasteiger partial charge in [-0.05, 0) is 51.0 Å². The van der Waals surface area contributed by atoms with E-state index in [-0.39, 0.29) is 5.97 Å². The number of hydrogen-bond donors (Lipinski definition) is 0. The van der Waals surface area contributed by atoms with Gasteiger partial charge in [-0.15, -0.1) is 0 Å². The van der Waals surface area contributed by atoms with Crippen molar-refractivity contribution in [1.29, 1.82) is 0 Å². The van der Waals surface area contributed by atoms with Crippen molar-refractivity contribution in [3.63, 3.8) is 0 Å². The quantitative estimate of drug-likeness (QED) is 0.385. The second-order valence-corrected chi connectivity index (χ2v) is 6.35. The van der Waals surface area contributed by atoms with Gasteiger partial charge < -0.3 is 9.47 Å². The van der Waals surface area contributed by atoms with Crippen molar-refractivity contribution >= 4 is 12.0 Å². The predicted molar refractivity (Wildman–Crippen MR) is 91.0 cm³/mol. The fourth-order valence-corrected chi connectivity index (χ4v) is 1.93. The standard InChI is InChI=1S/C19H28O3/c1-5-6-7-8-14-21-17-11-9-10-16(15-17)12-13-18(20)22-19(2,3)4/h9-13,15H,5-8,14H2,1-4H3. The van der Waals surface area contributed by atoms with E-state index in [1.165, 1.54) is 25.3 Å². The summed E-state index contributed by atoms with van der Waals surface area (Å²) < 4.78 is 11.0. The fourth-order valence-electron chi connectivity index (χ4n) is 1.93. The molecule has 0 fully saturated rings. The van der Waals surface area contributed by atoms with E-state index in [1.807, 2.05) is 45.0 Å². The van der Waals surface area contributed by atoms with Crippen molar-refractivity contribution in [2.45, 2.75) is 59.0 Å². The molecule has 0 saturated carbocycles. The highest BCUT2D eigenvalue weighted by atomic mass is 16.6. The van der Waals surface area contributed by atoms with Gasteiger partial charge in [0, 0.05) is 6.08 Å². The minimum Gasteiger partial charge on any atom is -0.494 e. The molecule has 0 amide bonds. The highest BCUT2D eigenvalue weighted by Gasteiger charge is 2.13. The van der Waals surface area contributed by atoms with Crippen molar-refractivity contribution in [3.8, 4) is 5.75 Å². The van der Waals surface area contributed by atoms with Gasteiger partial charge in [-0.2, -0.15) is 0 Å². The van der Waals surface area contributed by atoms with Crippen LogP contribution >= 0.6 is 0 Å². The monoisotopic (exact) mass is 304 g/mol. The molecule has 0 aliphatic rings. The van der Waals surface area contributed by atoms with Gasteiger partial charge in [-0.3, -0.25) is 0 Å². The number of unbranched alkanes of at least 4 members (excludes halogenated alkanes) is 3. The van der Waals surface area contributed by atoms with E-state index in [4.69, 9.17) is 9.47 Å². The van der Waals surface area contributed by atoms with Crippen LogP contribution in [0.1, 0.15) is 58.9 Å². The largest absolute Gasteiger partial charge is 0.494 e. The average molecular weight is 304 g/mol. The van der Waals surface area contributed by atoms with E-state index in [0.717, 1.165) is 24.3 Å². The van der Waals surface area contributed by atoms with Crippen LogP contribution in [0.4, 0.5) is 0 Å². The Balaban J connectivity index is 2.48. The van der Waals surface area contributed by atoms with E-state index in [0.29, 0.717) is 0 Å². The van der Waals surface area contributed by atoms with Crippen LogP contribution in [0.2, 0.25) is 0 Å². The fraction of sp³-hybridized carbons (Fsp3) is 0.526. The van der Waals surface area contributed by atoms with Crippen molar-refractivity contribution in [3.05, 3.63) is 35.9 Å². The third-order valence-electron chi connectivity index (χ3n) is 2.94. The van der Waals surface area contributed by atoms with Gasteiger partial charge in [-0.25, -0.2) is 4.79 Å². The maximum absolute atomic E-state index is 11.6. The third kappa shape index (κ3) is 8.50. The Morgan fingerprint density at radius 1 is 1.18 bits per heavy atom. The van der Waals surface area contributed by atoms with Gasteiger partial charge in [0.25, 0.3) is 0 Å². The molecule has 3 heteroatoms. The molecule has 0 aromatic heterocycles. The van der Waals surface area contributed by atoms with Crippen LogP contribution in [0.5, 0.6) is 5.75 Å². The maximum Gasteiger partial charge on any atom is 0.331 e. The Morgan fingerprint density at radius 2 is 1.95 bits per heavy atom. The SMILES string of the molecule is CCCCCCOc1cccc(C=CC(=O)OC(C)(C)C)c1. The third-order valence-corrected chi connectivity index (χ3v) is 2.94. The lowest BCUT2D eigenvalue weighted by atomic mass is 10.2. The summed E-state index contributed by atoms with van der Waals surface area (Å²) >= 11 is 0. The van der Waals surface area contributed by atoms with Gasteiger partial charge >= 0.3 is 5.97 Å². The molecule has 0 aliphatic carbocycles. The van der Waals surface area contributed by atoms with E-state index in [9.17, 15) is 4.79 Å². The van der Waals surface area contributed by atoms with Gasteiger partial charge in [0.1, 0.15) is 11.4 Å². The number of benzene rings is 1. The molecular weight excluding hydrogens is 276 g/mol. The van der Waals surface area contributed by atoms with Crippen LogP contribution in [-0.2, 0) is 9.53 Å². The Hall–Kier alpha value is -1.77. The van der Waals surface area contributed by atoms with Crippen molar-refractivity contribution in [2.24, 2.45) is 0 Å². The molecule has 122 valence electrons. The number of ether oxygens (including phenoxy) is 2. The molecule has 1 aromatic carbocycles. The number of esters is 1. The Labute approximate surface area is 134 Å². The van der Waals surface area contributed by atoms with E-state index >= 15 is 0 Å². The summed E-state index contributed by atoms with van der Waals surface area (Å²) in [4.78, 5) is 11.6. The smallest absolute Gasteiger partial charge is 0.331 e. The molecule has 0 radical (unpaired) electrons. The highest BCUT2D eigenvalue weighted by Crippen LogP contribution is 2.16. The Kier molecular flexibility index (Phi) is 7.72. The van der Waals surface area contributed by atoms with Gasteiger partial charge in [0.2, 0.25) is 0 Å². The summed E-state index contributed by atoms with van der Waals surface area (Å²) in [7, 11) is 0. The molecule has 0 bridgehead atoms. The first kappa shape index (κ1) is 18.3. The lowest BCUT2D eigenvalue weighted by Crippen LogP contribution is -2.22. The zero-order valence-corrected chi connectivity index (χ0v) is 14.2. The molecule has 0 N–H and O–H groups in total. The van der Waals surface area contributed by atoms with Crippen LogP contribution < -0.4 is 4.74 Å². The zero-order chi connectivity index (χ0) is 16.4. The topological polar surface area (TPSA) is 35.5 Å². The van der Waals surface area contributed by atoms with Crippen molar-refractivity contribution in [1.82, 2.24) is 0 Å². The minimum atomic E-state index is -0.467. The molecule has 0 spiro atoms. The summed E-state index contributed by atoms with van der Waals surface area (Å²) in [6.45, 7) is 8.49. The Morgan fingerprint density at radius 3 is 2.64 bits per heavy atom. The molecule has 0 aliphatic heterocycles. The van der Waals surface area contributed by atoms with Gasteiger partial charge in [0.15, 0.2) is 0 Å². The summed E-state index contributed by atoms with van der Waals surface area (Å²) in [6, 6.07) is 7.73. The van der Waals surface area contributed by atoms with Crippen LogP contribution in [0.3, 0.4) is 0 Å². The summed E-state index contributed by atoms with van der Waals surface area (Å²) in [5.41, 5.74) is 0.460. The predicted octanol–water partition coefficient (Wildman–Crippen LogP) is 5.00. The molecule has 1 rings (SSSR count). The normalized spacial score (nSPS) is 11.6.